The third kappa shape index (κ3) is 4.68. The number of rotatable bonds is 7. The second-order valence-corrected chi connectivity index (χ2v) is 3.49. The highest BCUT2D eigenvalue weighted by Gasteiger charge is 1.99. The van der Waals surface area contributed by atoms with Crippen LogP contribution in [-0.4, -0.2) is 24.2 Å². The second-order valence-electron chi connectivity index (χ2n) is 3.49. The quantitative estimate of drug-likeness (QED) is 0.697. The van der Waals surface area contributed by atoms with E-state index in [1.54, 1.807) is 12.1 Å². The maximum Gasteiger partial charge on any atom is 0.341 e. The highest BCUT2D eigenvalue weighted by molar-refractivity contribution is 5.68. The summed E-state index contributed by atoms with van der Waals surface area (Å²) in [6, 6.07) is 7.32. The molecule has 0 spiro atoms. The van der Waals surface area contributed by atoms with Gasteiger partial charge in [-0.25, -0.2) is 4.79 Å². The Hall–Kier alpha value is -1.71. The molecule has 0 fully saturated rings. The van der Waals surface area contributed by atoms with Crippen LogP contribution in [0.4, 0.5) is 5.69 Å². The molecule has 0 amide bonds. The number of ether oxygens (including phenoxy) is 1. The van der Waals surface area contributed by atoms with Crippen molar-refractivity contribution < 1.29 is 14.6 Å². The van der Waals surface area contributed by atoms with Crippen LogP contribution < -0.4 is 10.1 Å². The highest BCUT2D eigenvalue weighted by atomic mass is 16.5. The maximum absolute atomic E-state index is 10.3. The van der Waals surface area contributed by atoms with Crippen molar-refractivity contribution in [3.63, 3.8) is 0 Å². The number of benzene rings is 1. The molecule has 0 saturated carbocycles. The minimum absolute atomic E-state index is 0.307. The molecule has 0 bridgehead atoms. The van der Waals surface area contributed by atoms with E-state index in [1.807, 2.05) is 12.1 Å². The van der Waals surface area contributed by atoms with Crippen molar-refractivity contribution in [3.05, 3.63) is 24.3 Å². The second kappa shape index (κ2) is 6.71. The van der Waals surface area contributed by atoms with Crippen LogP contribution in [0.1, 0.15) is 19.8 Å². The molecule has 88 valence electrons. The van der Waals surface area contributed by atoms with Gasteiger partial charge in [0, 0.05) is 18.3 Å². The van der Waals surface area contributed by atoms with E-state index in [0.717, 1.165) is 25.1 Å². The van der Waals surface area contributed by atoms with Gasteiger partial charge in [-0.2, -0.15) is 0 Å². The summed E-state index contributed by atoms with van der Waals surface area (Å²) in [7, 11) is 0. The lowest BCUT2D eigenvalue weighted by atomic mass is 10.3. The Morgan fingerprint density at radius 1 is 1.50 bits per heavy atom. The normalized spacial score (nSPS) is 9.81. The summed E-state index contributed by atoms with van der Waals surface area (Å²) in [5.41, 5.74) is 0.955. The molecule has 0 saturated heterocycles. The molecular weight excluding hydrogens is 206 g/mol. The van der Waals surface area contributed by atoms with Crippen molar-refractivity contribution in [2.75, 3.05) is 18.5 Å². The molecule has 1 aromatic carbocycles. The van der Waals surface area contributed by atoms with Crippen LogP contribution in [0.25, 0.3) is 0 Å². The van der Waals surface area contributed by atoms with Gasteiger partial charge in [0.1, 0.15) is 5.75 Å². The molecule has 0 aliphatic heterocycles. The zero-order chi connectivity index (χ0) is 11.8. The summed E-state index contributed by atoms with van der Waals surface area (Å²) in [6.07, 6.45) is 2.25. The largest absolute Gasteiger partial charge is 0.482 e. The van der Waals surface area contributed by atoms with Gasteiger partial charge in [0.05, 0.1) is 0 Å². The molecule has 16 heavy (non-hydrogen) atoms. The molecule has 0 aliphatic carbocycles. The summed E-state index contributed by atoms with van der Waals surface area (Å²) in [5, 5.41) is 11.7. The van der Waals surface area contributed by atoms with E-state index >= 15 is 0 Å². The van der Waals surface area contributed by atoms with Gasteiger partial charge in [0.25, 0.3) is 0 Å². The lowest BCUT2D eigenvalue weighted by Crippen LogP contribution is -2.09. The molecule has 1 rings (SSSR count). The van der Waals surface area contributed by atoms with Crippen molar-refractivity contribution in [3.8, 4) is 5.75 Å². The average molecular weight is 223 g/mol. The minimum atomic E-state index is -0.968. The number of unbranched alkanes of at least 4 members (excludes halogenated alkanes) is 1. The van der Waals surface area contributed by atoms with Crippen LogP contribution in [0, 0.1) is 0 Å². The van der Waals surface area contributed by atoms with E-state index < -0.39 is 5.97 Å². The van der Waals surface area contributed by atoms with Gasteiger partial charge in [-0.3, -0.25) is 0 Å². The number of hydrogen-bond donors (Lipinski definition) is 2. The van der Waals surface area contributed by atoms with Crippen LogP contribution in [-0.2, 0) is 4.79 Å². The Kier molecular flexibility index (Phi) is 5.19. The van der Waals surface area contributed by atoms with Crippen LogP contribution in [0.2, 0.25) is 0 Å². The molecule has 4 heteroatoms. The lowest BCUT2D eigenvalue weighted by Gasteiger charge is -2.08. The van der Waals surface area contributed by atoms with Crippen LogP contribution in [0.5, 0.6) is 5.75 Å². The Morgan fingerprint density at radius 3 is 3.00 bits per heavy atom. The van der Waals surface area contributed by atoms with Gasteiger partial charge < -0.3 is 15.2 Å². The van der Waals surface area contributed by atoms with Crippen molar-refractivity contribution in [2.45, 2.75) is 19.8 Å². The molecule has 0 aliphatic rings. The van der Waals surface area contributed by atoms with Gasteiger partial charge in [0.2, 0.25) is 0 Å². The number of nitrogens with one attached hydrogen (secondary N) is 1. The molecule has 0 unspecified atom stereocenters. The molecule has 2 N–H and O–H groups in total. The minimum Gasteiger partial charge on any atom is -0.482 e. The van der Waals surface area contributed by atoms with Gasteiger partial charge in [-0.1, -0.05) is 19.4 Å². The summed E-state index contributed by atoms with van der Waals surface area (Å²) in [6.45, 7) is 2.74. The Morgan fingerprint density at radius 2 is 2.31 bits per heavy atom. The monoisotopic (exact) mass is 223 g/mol. The highest BCUT2D eigenvalue weighted by Crippen LogP contribution is 2.17. The van der Waals surface area contributed by atoms with Crippen molar-refractivity contribution in [2.24, 2.45) is 0 Å². The standard InChI is InChI=1S/C12H17NO3/c1-2-3-7-13-10-5-4-6-11(8-10)16-9-12(14)15/h4-6,8,13H,2-3,7,9H2,1H3,(H,14,15). The van der Waals surface area contributed by atoms with Crippen LogP contribution >= 0.6 is 0 Å². The van der Waals surface area contributed by atoms with E-state index in [9.17, 15) is 4.79 Å². The van der Waals surface area contributed by atoms with Gasteiger partial charge in [-0.15, -0.1) is 0 Å². The van der Waals surface area contributed by atoms with Gasteiger partial charge >= 0.3 is 5.97 Å². The molecule has 0 radical (unpaired) electrons. The van der Waals surface area contributed by atoms with E-state index in [0.29, 0.717) is 5.75 Å². The first kappa shape index (κ1) is 12.4. The van der Waals surface area contributed by atoms with E-state index in [1.165, 1.54) is 0 Å². The van der Waals surface area contributed by atoms with Crippen LogP contribution in [0.15, 0.2) is 24.3 Å². The van der Waals surface area contributed by atoms with Gasteiger partial charge in [0.15, 0.2) is 6.61 Å². The van der Waals surface area contributed by atoms with Crippen molar-refractivity contribution in [1.82, 2.24) is 0 Å². The number of aliphatic carboxylic acids is 1. The molecule has 1 aromatic rings. The summed E-state index contributed by atoms with van der Waals surface area (Å²) >= 11 is 0. The first-order chi connectivity index (χ1) is 7.72. The topological polar surface area (TPSA) is 58.6 Å². The third-order valence-electron chi connectivity index (χ3n) is 2.06. The first-order valence-corrected chi connectivity index (χ1v) is 5.41. The maximum atomic E-state index is 10.3. The Balaban J connectivity index is 2.46. The van der Waals surface area contributed by atoms with E-state index in [-0.39, 0.29) is 6.61 Å². The Bertz CT molecular complexity index is 339. The summed E-state index contributed by atoms with van der Waals surface area (Å²) < 4.78 is 5.07. The molecular formula is C12H17NO3. The predicted octanol–water partition coefficient (Wildman–Crippen LogP) is 2.36. The molecule has 0 atom stereocenters. The molecule has 0 heterocycles. The SMILES string of the molecule is CCCCNc1cccc(OCC(=O)O)c1. The lowest BCUT2D eigenvalue weighted by molar-refractivity contribution is -0.139. The first-order valence-electron chi connectivity index (χ1n) is 5.41. The average Bonchev–Trinajstić information content (AvgIpc) is 2.27. The van der Waals surface area contributed by atoms with E-state index in [2.05, 4.69) is 12.2 Å². The number of carboxylic acid groups (broad SMARTS) is 1. The molecule has 4 nitrogen and oxygen atoms in total. The van der Waals surface area contributed by atoms with Crippen molar-refractivity contribution >= 4 is 11.7 Å². The summed E-state index contributed by atoms with van der Waals surface area (Å²) in [4.78, 5) is 10.3. The third-order valence-corrected chi connectivity index (χ3v) is 2.06. The zero-order valence-electron chi connectivity index (χ0n) is 9.40. The van der Waals surface area contributed by atoms with Crippen molar-refractivity contribution in [1.29, 1.82) is 0 Å². The Labute approximate surface area is 95.2 Å². The van der Waals surface area contributed by atoms with Crippen LogP contribution in [0.3, 0.4) is 0 Å². The van der Waals surface area contributed by atoms with Gasteiger partial charge in [-0.05, 0) is 18.6 Å². The predicted molar refractivity (Wildman–Crippen MR) is 63.0 cm³/mol. The molecule has 0 aromatic heterocycles. The number of anilines is 1. The number of carbonyl (C=O) groups is 1. The smallest absolute Gasteiger partial charge is 0.341 e. The fraction of sp³-hybridized carbons (Fsp3) is 0.417. The fourth-order valence-electron chi connectivity index (χ4n) is 1.25. The summed E-state index contributed by atoms with van der Waals surface area (Å²) in [5.74, 6) is -0.395. The fourth-order valence-corrected chi connectivity index (χ4v) is 1.25. The number of carboxylic acids is 1. The number of hydrogen-bond acceptors (Lipinski definition) is 3. The zero-order valence-corrected chi connectivity index (χ0v) is 9.40. The van der Waals surface area contributed by atoms with E-state index in [4.69, 9.17) is 9.84 Å².